The van der Waals surface area contributed by atoms with E-state index in [0.717, 1.165) is 31.5 Å². The molecular formula is C14H19NO3. The predicted octanol–water partition coefficient (Wildman–Crippen LogP) is 1.57. The van der Waals surface area contributed by atoms with Crippen molar-refractivity contribution in [3.63, 3.8) is 0 Å². The third-order valence-corrected chi connectivity index (χ3v) is 3.15. The quantitative estimate of drug-likeness (QED) is 0.881. The smallest absolute Gasteiger partial charge is 0.260 e. The van der Waals surface area contributed by atoms with E-state index in [9.17, 15) is 4.79 Å². The number of aliphatic hydroxyl groups excluding tert-OH is 1. The van der Waals surface area contributed by atoms with Crippen molar-refractivity contribution in [2.75, 3.05) is 19.7 Å². The second-order valence-corrected chi connectivity index (χ2v) is 4.54. The Hall–Kier alpha value is -1.55. The van der Waals surface area contributed by atoms with Gasteiger partial charge in [-0.3, -0.25) is 4.79 Å². The predicted molar refractivity (Wildman–Crippen MR) is 68.3 cm³/mol. The maximum absolute atomic E-state index is 11.9. The van der Waals surface area contributed by atoms with Gasteiger partial charge in [-0.1, -0.05) is 12.1 Å². The van der Waals surface area contributed by atoms with Crippen LogP contribution in [0.3, 0.4) is 0 Å². The third-order valence-electron chi connectivity index (χ3n) is 3.15. The molecule has 1 aliphatic heterocycles. The molecule has 0 radical (unpaired) electrons. The maximum Gasteiger partial charge on any atom is 0.260 e. The molecule has 2 rings (SSSR count). The fourth-order valence-electron chi connectivity index (χ4n) is 2.11. The van der Waals surface area contributed by atoms with Gasteiger partial charge in [-0.25, -0.2) is 0 Å². The van der Waals surface area contributed by atoms with Crippen LogP contribution in [0.2, 0.25) is 0 Å². The Morgan fingerprint density at radius 2 is 2.06 bits per heavy atom. The molecular weight excluding hydrogens is 230 g/mol. The highest BCUT2D eigenvalue weighted by Gasteiger charge is 2.16. The minimum Gasteiger partial charge on any atom is -0.484 e. The van der Waals surface area contributed by atoms with Crippen LogP contribution in [0.5, 0.6) is 5.75 Å². The van der Waals surface area contributed by atoms with E-state index in [1.807, 2.05) is 17.0 Å². The summed E-state index contributed by atoms with van der Waals surface area (Å²) in [6, 6.07) is 7.18. The van der Waals surface area contributed by atoms with Crippen LogP contribution in [0.15, 0.2) is 24.3 Å². The van der Waals surface area contributed by atoms with Gasteiger partial charge in [0.2, 0.25) is 0 Å². The minimum absolute atomic E-state index is 0.0166. The molecule has 0 bridgehead atoms. The molecule has 0 spiro atoms. The summed E-state index contributed by atoms with van der Waals surface area (Å²) in [6.07, 6.45) is 3.39. The van der Waals surface area contributed by atoms with Crippen LogP contribution < -0.4 is 4.74 Å². The first-order valence-corrected chi connectivity index (χ1v) is 6.40. The van der Waals surface area contributed by atoms with Crippen LogP contribution in [-0.2, 0) is 11.4 Å². The Labute approximate surface area is 107 Å². The topological polar surface area (TPSA) is 49.8 Å². The van der Waals surface area contributed by atoms with E-state index in [0.29, 0.717) is 5.75 Å². The van der Waals surface area contributed by atoms with Gasteiger partial charge in [0.15, 0.2) is 6.61 Å². The first-order valence-electron chi connectivity index (χ1n) is 6.40. The van der Waals surface area contributed by atoms with Crippen LogP contribution in [0, 0.1) is 0 Å². The molecule has 1 heterocycles. The molecule has 0 unspecified atom stereocenters. The second-order valence-electron chi connectivity index (χ2n) is 4.54. The molecule has 18 heavy (non-hydrogen) atoms. The molecule has 4 nitrogen and oxygen atoms in total. The van der Waals surface area contributed by atoms with Crippen molar-refractivity contribution in [1.29, 1.82) is 0 Å². The number of ether oxygens (including phenoxy) is 1. The summed E-state index contributed by atoms with van der Waals surface area (Å²) in [6.45, 7) is 1.75. The first-order chi connectivity index (χ1) is 8.79. The number of rotatable bonds is 4. The van der Waals surface area contributed by atoms with Crippen molar-refractivity contribution in [2.45, 2.75) is 25.9 Å². The van der Waals surface area contributed by atoms with Gasteiger partial charge in [0.1, 0.15) is 5.75 Å². The van der Waals surface area contributed by atoms with E-state index in [4.69, 9.17) is 9.84 Å². The van der Waals surface area contributed by atoms with Gasteiger partial charge in [0.25, 0.3) is 5.91 Å². The number of likely N-dealkylation sites (tertiary alicyclic amines) is 1. The Morgan fingerprint density at radius 3 is 2.78 bits per heavy atom. The summed E-state index contributed by atoms with van der Waals surface area (Å²) in [7, 11) is 0. The molecule has 0 aromatic heterocycles. The summed E-state index contributed by atoms with van der Waals surface area (Å²) in [5, 5.41) is 9.01. The normalized spacial score (nSPS) is 15.5. The highest BCUT2D eigenvalue weighted by atomic mass is 16.5. The van der Waals surface area contributed by atoms with Gasteiger partial charge in [0.05, 0.1) is 6.61 Å². The molecule has 0 aliphatic carbocycles. The lowest BCUT2D eigenvalue weighted by Gasteiger charge is -2.26. The van der Waals surface area contributed by atoms with Gasteiger partial charge >= 0.3 is 0 Å². The molecule has 4 heteroatoms. The van der Waals surface area contributed by atoms with E-state index >= 15 is 0 Å². The molecule has 1 saturated heterocycles. The number of nitrogens with zero attached hydrogens (tertiary/aromatic N) is 1. The number of amides is 1. The van der Waals surface area contributed by atoms with Gasteiger partial charge in [-0.15, -0.1) is 0 Å². The number of hydrogen-bond donors (Lipinski definition) is 1. The first kappa shape index (κ1) is 12.9. The SMILES string of the molecule is O=C(COc1cccc(CO)c1)N1CCCCC1. The maximum atomic E-state index is 11.9. The van der Waals surface area contributed by atoms with Crippen LogP contribution in [0.4, 0.5) is 0 Å². The van der Waals surface area contributed by atoms with Gasteiger partial charge in [0, 0.05) is 13.1 Å². The average molecular weight is 249 g/mol. The van der Waals surface area contributed by atoms with Crippen LogP contribution in [0.1, 0.15) is 24.8 Å². The Bertz CT molecular complexity index is 400. The standard InChI is InChI=1S/C14H19NO3/c16-10-12-5-4-6-13(9-12)18-11-14(17)15-7-2-1-3-8-15/h4-6,9,16H,1-3,7-8,10-11H2. The zero-order valence-corrected chi connectivity index (χ0v) is 10.5. The van der Waals surface area contributed by atoms with E-state index in [1.165, 1.54) is 6.42 Å². The monoisotopic (exact) mass is 249 g/mol. The van der Waals surface area contributed by atoms with E-state index in [2.05, 4.69) is 0 Å². The highest BCUT2D eigenvalue weighted by Crippen LogP contribution is 2.14. The molecule has 1 aromatic carbocycles. The number of hydrogen-bond acceptors (Lipinski definition) is 3. The Balaban J connectivity index is 1.84. The molecule has 1 N–H and O–H groups in total. The van der Waals surface area contributed by atoms with Crippen molar-refractivity contribution in [3.05, 3.63) is 29.8 Å². The van der Waals surface area contributed by atoms with E-state index in [-0.39, 0.29) is 19.1 Å². The summed E-state index contributed by atoms with van der Waals surface area (Å²) in [4.78, 5) is 13.7. The summed E-state index contributed by atoms with van der Waals surface area (Å²) in [5.74, 6) is 0.677. The van der Waals surface area contributed by atoms with Crippen LogP contribution in [-0.4, -0.2) is 35.6 Å². The number of carbonyl (C=O) groups excluding carboxylic acids is 1. The molecule has 1 aromatic rings. The van der Waals surface area contributed by atoms with Crippen LogP contribution >= 0.6 is 0 Å². The lowest BCUT2D eigenvalue weighted by molar-refractivity contribution is -0.134. The lowest BCUT2D eigenvalue weighted by atomic mass is 10.1. The summed E-state index contributed by atoms with van der Waals surface area (Å²) in [5.41, 5.74) is 0.790. The van der Waals surface area contributed by atoms with Gasteiger partial charge in [-0.05, 0) is 37.0 Å². The number of piperidine rings is 1. The fraction of sp³-hybridized carbons (Fsp3) is 0.500. The number of aliphatic hydroxyl groups is 1. The van der Waals surface area contributed by atoms with Crippen molar-refractivity contribution in [2.24, 2.45) is 0 Å². The largest absolute Gasteiger partial charge is 0.484 e. The second kappa shape index (κ2) is 6.40. The molecule has 0 saturated carbocycles. The van der Waals surface area contributed by atoms with Crippen molar-refractivity contribution >= 4 is 5.91 Å². The Kier molecular flexibility index (Phi) is 4.59. The molecule has 98 valence electrons. The van der Waals surface area contributed by atoms with Crippen molar-refractivity contribution in [1.82, 2.24) is 4.90 Å². The van der Waals surface area contributed by atoms with Gasteiger partial charge < -0.3 is 14.7 Å². The van der Waals surface area contributed by atoms with Crippen LogP contribution in [0.25, 0.3) is 0 Å². The average Bonchev–Trinajstić information content (AvgIpc) is 2.46. The van der Waals surface area contributed by atoms with E-state index < -0.39 is 0 Å². The van der Waals surface area contributed by atoms with E-state index in [1.54, 1.807) is 12.1 Å². The van der Waals surface area contributed by atoms with Gasteiger partial charge in [-0.2, -0.15) is 0 Å². The molecule has 1 amide bonds. The number of carbonyl (C=O) groups is 1. The number of benzene rings is 1. The fourth-order valence-corrected chi connectivity index (χ4v) is 2.11. The lowest BCUT2D eigenvalue weighted by Crippen LogP contribution is -2.38. The zero-order valence-electron chi connectivity index (χ0n) is 10.5. The molecule has 0 atom stereocenters. The Morgan fingerprint density at radius 1 is 1.28 bits per heavy atom. The molecule has 1 aliphatic rings. The third kappa shape index (κ3) is 3.47. The highest BCUT2D eigenvalue weighted by molar-refractivity contribution is 5.77. The minimum atomic E-state index is -0.0166. The summed E-state index contributed by atoms with van der Waals surface area (Å²) >= 11 is 0. The molecule has 1 fully saturated rings. The zero-order chi connectivity index (χ0) is 12.8. The summed E-state index contributed by atoms with van der Waals surface area (Å²) < 4.78 is 5.46. The van der Waals surface area contributed by atoms with Crippen molar-refractivity contribution < 1.29 is 14.6 Å². The van der Waals surface area contributed by atoms with Crippen molar-refractivity contribution in [3.8, 4) is 5.75 Å².